The summed E-state index contributed by atoms with van der Waals surface area (Å²) in [5, 5.41) is 9.57. The number of ketones is 1. The van der Waals surface area contributed by atoms with E-state index in [1.807, 2.05) is 0 Å². The highest BCUT2D eigenvalue weighted by Crippen LogP contribution is 2.32. The molecular formula is C11H15Br2NO3S. The lowest BCUT2D eigenvalue weighted by atomic mass is 10.2. The molecule has 0 amide bonds. The van der Waals surface area contributed by atoms with Crippen LogP contribution in [0.25, 0.3) is 0 Å². The van der Waals surface area contributed by atoms with Gasteiger partial charge in [0.25, 0.3) is 0 Å². The molecule has 0 saturated heterocycles. The zero-order valence-corrected chi connectivity index (χ0v) is 14.1. The second-order valence-electron chi connectivity index (χ2n) is 3.97. The molecule has 0 aliphatic carbocycles. The first-order valence-corrected chi connectivity index (χ1v) is 7.68. The fourth-order valence-electron chi connectivity index (χ4n) is 1.53. The van der Waals surface area contributed by atoms with E-state index < -0.39 is 6.10 Å². The summed E-state index contributed by atoms with van der Waals surface area (Å²) in [6.07, 6.45) is -0.578. The fraction of sp³-hybridized carbons (Fsp3) is 0.545. The Hall–Kier alpha value is 0.210. The SMILES string of the molecule is COCC(O)CN(C)CC(=O)c1cc(Br)sc1Br. The molecule has 1 aromatic rings. The summed E-state index contributed by atoms with van der Waals surface area (Å²) in [6, 6.07) is 1.80. The number of carbonyl (C=O) groups is 1. The van der Waals surface area contributed by atoms with Crippen LogP contribution >= 0.6 is 43.2 Å². The Balaban J connectivity index is 2.52. The monoisotopic (exact) mass is 399 g/mol. The molecule has 7 heteroatoms. The Morgan fingerprint density at radius 3 is 2.78 bits per heavy atom. The van der Waals surface area contributed by atoms with Crippen molar-refractivity contribution >= 4 is 49.0 Å². The molecular weight excluding hydrogens is 386 g/mol. The molecule has 1 heterocycles. The van der Waals surface area contributed by atoms with Gasteiger partial charge >= 0.3 is 0 Å². The Morgan fingerprint density at radius 2 is 2.28 bits per heavy atom. The number of hydrogen-bond donors (Lipinski definition) is 1. The maximum atomic E-state index is 12.0. The van der Waals surface area contributed by atoms with Crippen molar-refractivity contribution in [3.8, 4) is 0 Å². The Morgan fingerprint density at radius 1 is 1.61 bits per heavy atom. The first-order valence-electron chi connectivity index (χ1n) is 5.27. The number of thiophene rings is 1. The smallest absolute Gasteiger partial charge is 0.178 e. The molecule has 1 atom stereocenters. The minimum Gasteiger partial charge on any atom is -0.389 e. The van der Waals surface area contributed by atoms with Gasteiger partial charge in [0.2, 0.25) is 0 Å². The average Bonchev–Trinajstić information content (AvgIpc) is 2.57. The molecule has 0 radical (unpaired) electrons. The third kappa shape index (κ3) is 5.07. The van der Waals surface area contributed by atoms with Gasteiger partial charge in [-0.05, 0) is 45.0 Å². The van der Waals surface area contributed by atoms with Crippen LogP contribution in [0.5, 0.6) is 0 Å². The number of ether oxygens (including phenoxy) is 1. The van der Waals surface area contributed by atoms with Gasteiger partial charge in [-0.3, -0.25) is 9.69 Å². The molecule has 0 aliphatic rings. The summed E-state index contributed by atoms with van der Waals surface area (Å²) in [5.74, 6) is 0.0240. The van der Waals surface area contributed by atoms with E-state index in [2.05, 4.69) is 31.9 Å². The van der Waals surface area contributed by atoms with E-state index in [0.717, 1.165) is 7.57 Å². The Bertz CT molecular complexity index is 411. The third-order valence-corrected chi connectivity index (χ3v) is 4.59. The molecule has 1 aromatic heterocycles. The lowest BCUT2D eigenvalue weighted by Crippen LogP contribution is -2.35. The Kier molecular flexibility index (Phi) is 6.97. The van der Waals surface area contributed by atoms with Crippen LogP contribution in [-0.4, -0.2) is 55.7 Å². The van der Waals surface area contributed by atoms with Gasteiger partial charge in [0.1, 0.15) is 0 Å². The number of aliphatic hydroxyl groups excluding tert-OH is 1. The van der Waals surface area contributed by atoms with Crippen LogP contribution in [0.4, 0.5) is 0 Å². The first-order chi connectivity index (χ1) is 8.43. The number of hydrogen-bond acceptors (Lipinski definition) is 5. The number of Topliss-reactive ketones (excluding diaryl/α,β-unsaturated/α-hetero) is 1. The topological polar surface area (TPSA) is 49.8 Å². The summed E-state index contributed by atoms with van der Waals surface area (Å²) < 4.78 is 6.58. The largest absolute Gasteiger partial charge is 0.389 e. The van der Waals surface area contributed by atoms with Gasteiger partial charge in [0.15, 0.2) is 5.78 Å². The van der Waals surface area contributed by atoms with Gasteiger partial charge in [0, 0.05) is 19.2 Å². The average molecular weight is 401 g/mol. The molecule has 0 saturated carbocycles. The van der Waals surface area contributed by atoms with E-state index >= 15 is 0 Å². The predicted octanol–water partition coefficient (Wildman–Crippen LogP) is 2.39. The number of likely N-dealkylation sites (N-methyl/N-ethyl adjacent to an activating group) is 1. The summed E-state index contributed by atoms with van der Waals surface area (Å²) >= 11 is 8.18. The summed E-state index contributed by atoms with van der Waals surface area (Å²) in [7, 11) is 3.33. The molecule has 102 valence electrons. The van der Waals surface area contributed by atoms with E-state index in [4.69, 9.17) is 4.74 Å². The maximum Gasteiger partial charge on any atom is 0.178 e. The third-order valence-electron chi connectivity index (χ3n) is 2.25. The van der Waals surface area contributed by atoms with Crippen LogP contribution < -0.4 is 0 Å². The van der Waals surface area contributed by atoms with Crippen molar-refractivity contribution < 1.29 is 14.6 Å². The first kappa shape index (κ1) is 16.3. The molecule has 0 bridgehead atoms. The molecule has 1 unspecified atom stereocenters. The van der Waals surface area contributed by atoms with Crippen molar-refractivity contribution in [3.05, 3.63) is 19.2 Å². The molecule has 18 heavy (non-hydrogen) atoms. The normalized spacial score (nSPS) is 13.0. The summed E-state index contributed by atoms with van der Waals surface area (Å²) in [6.45, 7) is 0.942. The predicted molar refractivity (Wildman–Crippen MR) is 79.4 cm³/mol. The van der Waals surface area contributed by atoms with Crippen LogP contribution in [0.2, 0.25) is 0 Å². The number of methoxy groups -OCH3 is 1. The number of halogens is 2. The minimum absolute atomic E-state index is 0.0240. The second-order valence-corrected chi connectivity index (χ2v) is 7.72. The number of aliphatic hydroxyl groups is 1. The van der Waals surface area contributed by atoms with Crippen molar-refractivity contribution in [2.24, 2.45) is 0 Å². The summed E-state index contributed by atoms with van der Waals surface area (Å²) in [4.78, 5) is 13.8. The molecule has 0 spiro atoms. The van der Waals surface area contributed by atoms with Crippen molar-refractivity contribution in [1.82, 2.24) is 4.90 Å². The fourth-order valence-corrected chi connectivity index (χ4v) is 4.39. The van der Waals surface area contributed by atoms with Crippen molar-refractivity contribution in [3.63, 3.8) is 0 Å². The van der Waals surface area contributed by atoms with E-state index in [0.29, 0.717) is 12.1 Å². The zero-order chi connectivity index (χ0) is 13.7. The van der Waals surface area contributed by atoms with Gasteiger partial charge in [-0.15, -0.1) is 11.3 Å². The minimum atomic E-state index is -0.578. The van der Waals surface area contributed by atoms with Crippen LogP contribution in [0.1, 0.15) is 10.4 Å². The Labute approximate surface area is 127 Å². The van der Waals surface area contributed by atoms with Crippen LogP contribution in [0.3, 0.4) is 0 Å². The van der Waals surface area contributed by atoms with E-state index in [9.17, 15) is 9.90 Å². The molecule has 0 fully saturated rings. The van der Waals surface area contributed by atoms with Gasteiger partial charge in [-0.1, -0.05) is 0 Å². The quantitative estimate of drug-likeness (QED) is 0.714. The van der Waals surface area contributed by atoms with Crippen LogP contribution in [0.15, 0.2) is 13.6 Å². The van der Waals surface area contributed by atoms with Crippen molar-refractivity contribution in [2.75, 3.05) is 33.9 Å². The number of carbonyl (C=O) groups excluding carboxylic acids is 1. The van der Waals surface area contributed by atoms with Crippen molar-refractivity contribution in [1.29, 1.82) is 0 Å². The molecule has 4 nitrogen and oxygen atoms in total. The van der Waals surface area contributed by atoms with Crippen LogP contribution in [-0.2, 0) is 4.74 Å². The standard InChI is InChI=1S/C11H15Br2NO3S/c1-14(4-7(15)6-17-2)5-9(16)8-3-10(12)18-11(8)13/h3,7,15H,4-6H2,1-2H3. The van der Waals surface area contributed by atoms with E-state index in [-0.39, 0.29) is 18.9 Å². The highest BCUT2D eigenvalue weighted by atomic mass is 79.9. The lowest BCUT2D eigenvalue weighted by Gasteiger charge is -2.19. The second kappa shape index (κ2) is 7.72. The van der Waals surface area contributed by atoms with E-state index in [1.54, 1.807) is 18.0 Å². The number of nitrogens with zero attached hydrogens (tertiary/aromatic N) is 1. The van der Waals surface area contributed by atoms with Gasteiger partial charge in [0.05, 0.1) is 26.8 Å². The van der Waals surface area contributed by atoms with Crippen molar-refractivity contribution in [2.45, 2.75) is 6.10 Å². The van der Waals surface area contributed by atoms with Crippen LogP contribution in [0, 0.1) is 0 Å². The number of rotatable bonds is 7. The molecule has 1 N–H and O–H groups in total. The lowest BCUT2D eigenvalue weighted by molar-refractivity contribution is 0.0427. The van der Waals surface area contributed by atoms with Gasteiger partial charge < -0.3 is 9.84 Å². The highest BCUT2D eigenvalue weighted by molar-refractivity contribution is 9.12. The van der Waals surface area contributed by atoms with Gasteiger partial charge in [-0.25, -0.2) is 0 Å². The maximum absolute atomic E-state index is 12.0. The summed E-state index contributed by atoms with van der Waals surface area (Å²) in [5.41, 5.74) is 0.667. The molecule has 1 rings (SSSR count). The van der Waals surface area contributed by atoms with E-state index in [1.165, 1.54) is 18.4 Å². The molecule has 0 aromatic carbocycles. The molecule has 0 aliphatic heterocycles. The van der Waals surface area contributed by atoms with Gasteiger partial charge in [-0.2, -0.15) is 0 Å². The zero-order valence-electron chi connectivity index (χ0n) is 10.2. The highest BCUT2D eigenvalue weighted by Gasteiger charge is 2.17.